The fourth-order valence-corrected chi connectivity index (χ4v) is 2.41. The number of hydrogen-bond donors (Lipinski definition) is 1. The van der Waals surface area contributed by atoms with E-state index >= 15 is 0 Å². The van der Waals surface area contributed by atoms with Crippen LogP contribution in [-0.2, 0) is 17.8 Å². The molecule has 1 aromatic rings. The van der Waals surface area contributed by atoms with Crippen LogP contribution < -0.4 is 5.32 Å². The summed E-state index contributed by atoms with van der Waals surface area (Å²) < 4.78 is 7.99. The highest BCUT2D eigenvalue weighted by Crippen LogP contribution is 2.11. The molecule has 1 aromatic heterocycles. The van der Waals surface area contributed by atoms with Gasteiger partial charge in [-0.1, -0.05) is 6.92 Å². The van der Waals surface area contributed by atoms with Gasteiger partial charge in [-0.2, -0.15) is 0 Å². The van der Waals surface area contributed by atoms with Gasteiger partial charge in [0.15, 0.2) is 0 Å². The first kappa shape index (κ1) is 14.5. The van der Waals surface area contributed by atoms with Gasteiger partial charge in [-0.15, -0.1) is 0 Å². The lowest BCUT2D eigenvalue weighted by molar-refractivity contribution is -0.0456. The van der Waals surface area contributed by atoms with E-state index in [1.807, 2.05) is 6.33 Å². The molecule has 5 heteroatoms. The third-order valence-corrected chi connectivity index (χ3v) is 3.56. The van der Waals surface area contributed by atoms with Gasteiger partial charge in [0.2, 0.25) is 0 Å². The maximum absolute atomic E-state index is 5.85. The van der Waals surface area contributed by atoms with Crippen LogP contribution in [0.2, 0.25) is 0 Å². The Morgan fingerprint density at radius 1 is 1.53 bits per heavy atom. The van der Waals surface area contributed by atoms with Crippen LogP contribution in [0.4, 0.5) is 0 Å². The number of imidazole rings is 1. The van der Waals surface area contributed by atoms with Crippen LogP contribution in [0.15, 0.2) is 12.5 Å². The lowest BCUT2D eigenvalue weighted by Gasteiger charge is -2.35. The van der Waals surface area contributed by atoms with Crippen molar-refractivity contribution in [2.75, 3.05) is 26.2 Å². The molecule has 1 aliphatic heterocycles. The molecule has 1 aliphatic rings. The third kappa shape index (κ3) is 4.30. The first-order valence-electron chi connectivity index (χ1n) is 7.26. The molecule has 0 amide bonds. The maximum atomic E-state index is 5.85. The van der Waals surface area contributed by atoms with Crippen molar-refractivity contribution in [1.29, 1.82) is 0 Å². The summed E-state index contributed by atoms with van der Waals surface area (Å²) in [4.78, 5) is 6.88. The highest BCUT2D eigenvalue weighted by molar-refractivity contribution is 4.96. The maximum Gasteiger partial charge on any atom is 0.0950 e. The van der Waals surface area contributed by atoms with Crippen molar-refractivity contribution >= 4 is 0 Å². The standard InChI is InChI=1S/C14H26N4O/c1-4-15-7-13-8-17(11-16-13)9-14-10-18(12(2)3)5-6-19-14/h8,11-12,14-15H,4-7,9-10H2,1-3H3. The third-order valence-electron chi connectivity index (χ3n) is 3.56. The molecule has 2 rings (SSSR count). The number of rotatable bonds is 6. The molecular formula is C14H26N4O. The van der Waals surface area contributed by atoms with E-state index in [1.54, 1.807) is 0 Å². The molecule has 0 aromatic carbocycles. The van der Waals surface area contributed by atoms with E-state index in [4.69, 9.17) is 4.74 Å². The predicted octanol–water partition coefficient (Wildman–Crippen LogP) is 1.10. The number of nitrogens with one attached hydrogen (secondary N) is 1. The van der Waals surface area contributed by atoms with Crippen molar-refractivity contribution < 1.29 is 4.74 Å². The molecule has 0 bridgehead atoms. The summed E-state index contributed by atoms with van der Waals surface area (Å²) in [5.74, 6) is 0. The van der Waals surface area contributed by atoms with Crippen molar-refractivity contribution in [1.82, 2.24) is 19.8 Å². The first-order chi connectivity index (χ1) is 9.19. The summed E-state index contributed by atoms with van der Waals surface area (Å²) in [5.41, 5.74) is 1.10. The van der Waals surface area contributed by atoms with E-state index in [2.05, 4.69) is 46.7 Å². The van der Waals surface area contributed by atoms with Gasteiger partial charge in [0.05, 0.1) is 31.3 Å². The quantitative estimate of drug-likeness (QED) is 0.837. The summed E-state index contributed by atoms with van der Waals surface area (Å²) in [6.07, 6.45) is 4.29. The van der Waals surface area contributed by atoms with Gasteiger partial charge in [-0.3, -0.25) is 4.90 Å². The Morgan fingerprint density at radius 2 is 2.37 bits per heavy atom. The van der Waals surface area contributed by atoms with Crippen LogP contribution >= 0.6 is 0 Å². The fraction of sp³-hybridized carbons (Fsp3) is 0.786. The molecule has 1 N–H and O–H groups in total. The highest BCUT2D eigenvalue weighted by atomic mass is 16.5. The molecule has 19 heavy (non-hydrogen) atoms. The van der Waals surface area contributed by atoms with Crippen molar-refractivity contribution in [3.05, 3.63) is 18.2 Å². The zero-order valence-corrected chi connectivity index (χ0v) is 12.3. The Balaban J connectivity index is 1.84. The highest BCUT2D eigenvalue weighted by Gasteiger charge is 2.22. The molecule has 5 nitrogen and oxygen atoms in total. The number of aromatic nitrogens is 2. The fourth-order valence-electron chi connectivity index (χ4n) is 2.41. The Bertz CT molecular complexity index is 377. The Labute approximate surface area is 116 Å². The van der Waals surface area contributed by atoms with Crippen molar-refractivity contribution in [2.24, 2.45) is 0 Å². The van der Waals surface area contributed by atoms with Crippen LogP contribution in [-0.4, -0.2) is 52.8 Å². The monoisotopic (exact) mass is 266 g/mol. The smallest absolute Gasteiger partial charge is 0.0950 e. The molecule has 0 spiro atoms. The van der Waals surface area contributed by atoms with Crippen molar-refractivity contribution in [3.8, 4) is 0 Å². The number of ether oxygens (including phenoxy) is 1. The average Bonchev–Trinajstić information content (AvgIpc) is 2.84. The lowest BCUT2D eigenvalue weighted by Crippen LogP contribution is -2.47. The molecule has 0 aliphatic carbocycles. The lowest BCUT2D eigenvalue weighted by atomic mass is 10.2. The molecule has 0 radical (unpaired) electrons. The van der Waals surface area contributed by atoms with Gasteiger partial charge in [0.1, 0.15) is 0 Å². The van der Waals surface area contributed by atoms with E-state index < -0.39 is 0 Å². The molecule has 1 unspecified atom stereocenters. The zero-order valence-electron chi connectivity index (χ0n) is 12.3. The van der Waals surface area contributed by atoms with Crippen LogP contribution in [0.25, 0.3) is 0 Å². The molecule has 1 saturated heterocycles. The molecule has 2 heterocycles. The van der Waals surface area contributed by atoms with Gasteiger partial charge < -0.3 is 14.6 Å². The minimum Gasteiger partial charge on any atom is -0.374 e. The summed E-state index contributed by atoms with van der Waals surface area (Å²) in [7, 11) is 0. The van der Waals surface area contributed by atoms with Crippen LogP contribution in [0.5, 0.6) is 0 Å². The predicted molar refractivity (Wildman–Crippen MR) is 76.1 cm³/mol. The topological polar surface area (TPSA) is 42.3 Å². The normalized spacial score (nSPS) is 21.2. The van der Waals surface area contributed by atoms with E-state index in [0.717, 1.165) is 45.0 Å². The molecule has 1 atom stereocenters. The Kier molecular flexibility index (Phi) is 5.36. The van der Waals surface area contributed by atoms with Gasteiger partial charge in [0.25, 0.3) is 0 Å². The number of hydrogen-bond acceptors (Lipinski definition) is 4. The number of nitrogens with zero attached hydrogens (tertiary/aromatic N) is 3. The van der Waals surface area contributed by atoms with Gasteiger partial charge >= 0.3 is 0 Å². The SMILES string of the molecule is CCNCc1cn(CC2CN(C(C)C)CCO2)cn1. The average molecular weight is 266 g/mol. The van der Waals surface area contributed by atoms with Crippen molar-refractivity contribution in [3.63, 3.8) is 0 Å². The molecule has 0 saturated carbocycles. The largest absolute Gasteiger partial charge is 0.374 e. The summed E-state index contributed by atoms with van der Waals surface area (Å²) in [6, 6.07) is 0.596. The Hall–Kier alpha value is -0.910. The van der Waals surface area contributed by atoms with Crippen LogP contribution in [0.3, 0.4) is 0 Å². The summed E-state index contributed by atoms with van der Waals surface area (Å²) in [6.45, 7) is 12.2. The minimum absolute atomic E-state index is 0.275. The van der Waals surface area contributed by atoms with E-state index in [0.29, 0.717) is 6.04 Å². The molecule has 1 fully saturated rings. The van der Waals surface area contributed by atoms with E-state index in [1.165, 1.54) is 0 Å². The summed E-state index contributed by atoms with van der Waals surface area (Å²) in [5, 5.41) is 3.29. The molecular weight excluding hydrogens is 240 g/mol. The summed E-state index contributed by atoms with van der Waals surface area (Å²) >= 11 is 0. The Morgan fingerprint density at radius 3 is 3.11 bits per heavy atom. The second-order valence-corrected chi connectivity index (χ2v) is 5.42. The van der Waals surface area contributed by atoms with Crippen LogP contribution in [0, 0.1) is 0 Å². The van der Waals surface area contributed by atoms with E-state index in [-0.39, 0.29) is 6.10 Å². The molecule has 108 valence electrons. The van der Waals surface area contributed by atoms with Crippen molar-refractivity contribution in [2.45, 2.75) is 46.0 Å². The van der Waals surface area contributed by atoms with E-state index in [9.17, 15) is 0 Å². The second kappa shape index (κ2) is 7.03. The zero-order chi connectivity index (χ0) is 13.7. The minimum atomic E-state index is 0.275. The van der Waals surface area contributed by atoms with Gasteiger partial charge in [-0.05, 0) is 20.4 Å². The van der Waals surface area contributed by atoms with Gasteiger partial charge in [-0.25, -0.2) is 4.98 Å². The van der Waals surface area contributed by atoms with Gasteiger partial charge in [0, 0.05) is 31.9 Å². The van der Waals surface area contributed by atoms with Crippen LogP contribution in [0.1, 0.15) is 26.5 Å². The number of morpholine rings is 1. The second-order valence-electron chi connectivity index (χ2n) is 5.42. The first-order valence-corrected chi connectivity index (χ1v) is 7.26.